The molecule has 0 saturated heterocycles. The molecule has 1 aromatic heterocycles. The molecule has 0 unspecified atom stereocenters. The molecule has 0 atom stereocenters. The minimum Gasteiger partial charge on any atom is -0.399 e. The van der Waals surface area contributed by atoms with Crippen LogP contribution in [0, 0.1) is 0 Å². The number of hydrogen-bond donors (Lipinski definition) is 2. The minimum atomic E-state index is 0.812. The molecule has 0 bridgehead atoms. The fourth-order valence-electron chi connectivity index (χ4n) is 1.61. The third-order valence-corrected chi connectivity index (χ3v) is 3.65. The summed E-state index contributed by atoms with van der Waals surface area (Å²) in [6, 6.07) is 7.94. The maximum atomic E-state index is 5.72. The molecule has 3 N–H and O–H groups in total. The van der Waals surface area contributed by atoms with Crippen LogP contribution in [0.4, 0.5) is 5.69 Å². The van der Waals surface area contributed by atoms with E-state index >= 15 is 0 Å². The number of thiazole rings is 1. The van der Waals surface area contributed by atoms with Crippen molar-refractivity contribution in [1.82, 2.24) is 10.3 Å². The van der Waals surface area contributed by atoms with Gasteiger partial charge >= 0.3 is 0 Å². The van der Waals surface area contributed by atoms with Gasteiger partial charge < -0.3 is 11.1 Å². The maximum absolute atomic E-state index is 5.72. The second-order valence-electron chi connectivity index (χ2n) is 3.92. The molecule has 0 fully saturated rings. The van der Waals surface area contributed by atoms with Gasteiger partial charge in [0.1, 0.15) is 5.01 Å². The van der Waals surface area contributed by atoms with Crippen LogP contribution >= 0.6 is 11.3 Å². The Hall–Kier alpha value is -1.39. The molecule has 4 heteroatoms. The molecule has 0 aliphatic heterocycles. The van der Waals surface area contributed by atoms with Gasteiger partial charge in [0.25, 0.3) is 0 Å². The summed E-state index contributed by atoms with van der Waals surface area (Å²) in [5, 5.41) is 4.52. The molecule has 1 aromatic carbocycles. The number of aryl methyl sites for hydroxylation is 1. The number of hydrogen-bond acceptors (Lipinski definition) is 4. The number of rotatable bonds is 5. The normalized spacial score (nSPS) is 10.6. The highest BCUT2D eigenvalue weighted by atomic mass is 32.1. The first-order chi connectivity index (χ1) is 8.28. The molecule has 3 nitrogen and oxygen atoms in total. The monoisotopic (exact) mass is 247 g/mol. The first kappa shape index (κ1) is 12.1. The third-order valence-electron chi connectivity index (χ3n) is 2.51. The summed E-state index contributed by atoms with van der Waals surface area (Å²) in [5.41, 5.74) is 7.74. The van der Waals surface area contributed by atoms with Crippen LogP contribution in [0.2, 0.25) is 0 Å². The topological polar surface area (TPSA) is 50.9 Å². The Kier molecular flexibility index (Phi) is 4.12. The highest BCUT2D eigenvalue weighted by Crippen LogP contribution is 2.13. The van der Waals surface area contributed by atoms with Gasteiger partial charge in [-0.25, -0.2) is 4.98 Å². The highest BCUT2D eigenvalue weighted by Gasteiger charge is 2.00. The second-order valence-corrected chi connectivity index (χ2v) is 5.12. The van der Waals surface area contributed by atoms with Crippen LogP contribution in [0.5, 0.6) is 0 Å². The van der Waals surface area contributed by atoms with E-state index in [0.717, 1.165) is 30.2 Å². The van der Waals surface area contributed by atoms with E-state index in [1.807, 2.05) is 24.4 Å². The fraction of sp³-hybridized carbons (Fsp3) is 0.308. The number of nitrogen functional groups attached to an aromatic ring is 1. The van der Waals surface area contributed by atoms with Gasteiger partial charge in [-0.1, -0.05) is 19.1 Å². The summed E-state index contributed by atoms with van der Waals surface area (Å²) < 4.78 is 0. The average molecular weight is 247 g/mol. The lowest BCUT2D eigenvalue weighted by molar-refractivity contribution is 0.690. The molecular formula is C13H17N3S. The van der Waals surface area contributed by atoms with Crippen molar-refractivity contribution in [2.24, 2.45) is 0 Å². The van der Waals surface area contributed by atoms with Crippen molar-refractivity contribution in [3.8, 4) is 0 Å². The van der Waals surface area contributed by atoms with Gasteiger partial charge in [0.2, 0.25) is 0 Å². The van der Waals surface area contributed by atoms with Gasteiger partial charge in [-0.05, 0) is 24.1 Å². The molecular weight excluding hydrogens is 230 g/mol. The van der Waals surface area contributed by atoms with E-state index in [4.69, 9.17) is 5.73 Å². The summed E-state index contributed by atoms with van der Waals surface area (Å²) >= 11 is 1.77. The van der Waals surface area contributed by atoms with Crippen LogP contribution < -0.4 is 11.1 Å². The molecule has 0 aliphatic rings. The van der Waals surface area contributed by atoms with E-state index in [2.05, 4.69) is 23.3 Å². The van der Waals surface area contributed by atoms with Crippen molar-refractivity contribution in [2.75, 3.05) is 5.73 Å². The van der Waals surface area contributed by atoms with E-state index in [1.54, 1.807) is 11.3 Å². The van der Waals surface area contributed by atoms with E-state index in [9.17, 15) is 0 Å². The average Bonchev–Trinajstić information content (AvgIpc) is 2.77. The number of anilines is 1. The Bertz CT molecular complexity index is 479. The first-order valence-corrected chi connectivity index (χ1v) is 6.58. The van der Waals surface area contributed by atoms with Crippen LogP contribution in [0.15, 0.2) is 30.5 Å². The van der Waals surface area contributed by atoms with Gasteiger partial charge in [-0.3, -0.25) is 0 Å². The van der Waals surface area contributed by atoms with Crippen LogP contribution in [0.3, 0.4) is 0 Å². The van der Waals surface area contributed by atoms with Gasteiger partial charge in [0.15, 0.2) is 0 Å². The maximum Gasteiger partial charge on any atom is 0.107 e. The Balaban J connectivity index is 1.83. The lowest BCUT2D eigenvalue weighted by atomic mass is 10.2. The molecule has 1 heterocycles. The van der Waals surface area contributed by atoms with Gasteiger partial charge in [-0.15, -0.1) is 11.3 Å². The van der Waals surface area contributed by atoms with Crippen molar-refractivity contribution in [2.45, 2.75) is 26.4 Å². The Morgan fingerprint density at radius 2 is 2.24 bits per heavy atom. The van der Waals surface area contributed by atoms with Crippen LogP contribution in [0.1, 0.15) is 22.4 Å². The minimum absolute atomic E-state index is 0.812. The molecule has 90 valence electrons. The molecule has 0 aliphatic carbocycles. The van der Waals surface area contributed by atoms with E-state index in [1.165, 1.54) is 10.4 Å². The predicted octanol–water partition coefficient (Wildman–Crippen LogP) is 2.58. The zero-order chi connectivity index (χ0) is 12.1. The van der Waals surface area contributed by atoms with E-state index < -0.39 is 0 Å². The SMILES string of the molecule is CCc1cnc(CNCc2cccc(N)c2)s1. The smallest absolute Gasteiger partial charge is 0.107 e. The number of nitrogens with zero attached hydrogens (tertiary/aromatic N) is 1. The highest BCUT2D eigenvalue weighted by molar-refractivity contribution is 7.11. The quantitative estimate of drug-likeness (QED) is 0.798. The Labute approximate surface area is 106 Å². The van der Waals surface area contributed by atoms with Crippen LogP contribution in [-0.4, -0.2) is 4.98 Å². The van der Waals surface area contributed by atoms with Gasteiger partial charge in [0, 0.05) is 29.9 Å². The summed E-state index contributed by atoms with van der Waals surface area (Å²) in [4.78, 5) is 5.71. The zero-order valence-corrected chi connectivity index (χ0v) is 10.8. The van der Waals surface area contributed by atoms with Crippen molar-refractivity contribution in [3.63, 3.8) is 0 Å². The second kappa shape index (κ2) is 5.80. The molecule has 0 saturated carbocycles. The predicted molar refractivity (Wildman–Crippen MR) is 72.9 cm³/mol. The number of benzene rings is 1. The molecule has 17 heavy (non-hydrogen) atoms. The number of nitrogens with one attached hydrogen (secondary N) is 1. The van der Waals surface area contributed by atoms with Crippen molar-refractivity contribution in [3.05, 3.63) is 45.9 Å². The van der Waals surface area contributed by atoms with Gasteiger partial charge in [-0.2, -0.15) is 0 Å². The lowest BCUT2D eigenvalue weighted by Gasteiger charge is -2.03. The van der Waals surface area contributed by atoms with Crippen molar-refractivity contribution in [1.29, 1.82) is 0 Å². The summed E-state index contributed by atoms with van der Waals surface area (Å²) in [6.45, 7) is 3.79. The Morgan fingerprint density at radius 3 is 2.94 bits per heavy atom. The largest absolute Gasteiger partial charge is 0.399 e. The summed E-state index contributed by atoms with van der Waals surface area (Å²) in [5.74, 6) is 0. The molecule has 0 amide bonds. The summed E-state index contributed by atoms with van der Waals surface area (Å²) in [6.07, 6.45) is 3.02. The fourth-order valence-corrected chi connectivity index (χ4v) is 2.44. The zero-order valence-electron chi connectivity index (χ0n) is 9.94. The Morgan fingerprint density at radius 1 is 1.35 bits per heavy atom. The molecule has 2 aromatic rings. The van der Waals surface area contributed by atoms with E-state index in [0.29, 0.717) is 0 Å². The van der Waals surface area contributed by atoms with Gasteiger partial charge in [0.05, 0.1) is 0 Å². The number of aromatic nitrogens is 1. The molecule has 0 spiro atoms. The summed E-state index contributed by atoms with van der Waals surface area (Å²) in [7, 11) is 0. The standard InChI is InChI=1S/C13H17N3S/c1-2-12-8-16-13(17-12)9-15-7-10-4-3-5-11(14)6-10/h3-6,8,15H,2,7,9,14H2,1H3. The first-order valence-electron chi connectivity index (χ1n) is 5.76. The lowest BCUT2D eigenvalue weighted by Crippen LogP contribution is -2.12. The molecule has 0 radical (unpaired) electrons. The van der Waals surface area contributed by atoms with Crippen molar-refractivity contribution >= 4 is 17.0 Å². The van der Waals surface area contributed by atoms with Crippen LogP contribution in [0.25, 0.3) is 0 Å². The number of nitrogens with two attached hydrogens (primary N) is 1. The van der Waals surface area contributed by atoms with Crippen molar-refractivity contribution < 1.29 is 0 Å². The third kappa shape index (κ3) is 3.54. The molecule has 2 rings (SSSR count). The van der Waals surface area contributed by atoms with E-state index in [-0.39, 0.29) is 0 Å². The van der Waals surface area contributed by atoms with Crippen LogP contribution in [-0.2, 0) is 19.5 Å².